The number of likely N-dealkylation sites (tertiary alicyclic amines) is 1. The van der Waals surface area contributed by atoms with E-state index in [9.17, 15) is 9.59 Å². The summed E-state index contributed by atoms with van der Waals surface area (Å²) in [4.78, 5) is 31.5. The van der Waals surface area contributed by atoms with Crippen molar-refractivity contribution in [2.75, 3.05) is 11.9 Å². The average molecular weight is 309 g/mol. The summed E-state index contributed by atoms with van der Waals surface area (Å²) in [5.41, 5.74) is 0. The van der Waals surface area contributed by atoms with Gasteiger partial charge in [-0.05, 0) is 18.3 Å². The maximum Gasteiger partial charge on any atom is 0.249 e. The molecule has 0 aliphatic carbocycles. The molecule has 0 unspecified atom stereocenters. The summed E-state index contributed by atoms with van der Waals surface area (Å²) in [5, 5.41) is 3.48. The number of rotatable bonds is 5. The molecule has 116 valence electrons. The first-order chi connectivity index (χ1) is 9.90. The predicted molar refractivity (Wildman–Crippen MR) is 84.4 cm³/mol. The second kappa shape index (κ2) is 6.56. The topological polar surface area (TPSA) is 62.3 Å². The monoisotopic (exact) mass is 309 g/mol. The van der Waals surface area contributed by atoms with Crippen molar-refractivity contribution < 1.29 is 9.59 Å². The summed E-state index contributed by atoms with van der Waals surface area (Å²) in [6.45, 7) is 8.80. The lowest BCUT2D eigenvalue weighted by Gasteiger charge is -2.29. The summed E-state index contributed by atoms with van der Waals surface area (Å²) in [5.74, 6) is 0.418. The van der Waals surface area contributed by atoms with Gasteiger partial charge in [0.05, 0.1) is 0 Å². The van der Waals surface area contributed by atoms with E-state index in [2.05, 4.69) is 24.1 Å². The van der Waals surface area contributed by atoms with Crippen LogP contribution >= 0.6 is 11.3 Å². The van der Waals surface area contributed by atoms with Gasteiger partial charge < -0.3 is 10.2 Å². The van der Waals surface area contributed by atoms with E-state index in [1.54, 1.807) is 11.1 Å². The summed E-state index contributed by atoms with van der Waals surface area (Å²) in [7, 11) is 0. The number of aromatic nitrogens is 1. The maximum absolute atomic E-state index is 12.5. The molecule has 21 heavy (non-hydrogen) atoms. The Bertz CT molecular complexity index is 525. The number of carbonyl (C=O) groups excluding carboxylic acids is 2. The van der Waals surface area contributed by atoms with Crippen molar-refractivity contribution in [2.24, 2.45) is 5.92 Å². The minimum atomic E-state index is -0.411. The number of anilines is 1. The molecule has 2 heterocycles. The van der Waals surface area contributed by atoms with Crippen molar-refractivity contribution in [2.45, 2.75) is 52.5 Å². The quantitative estimate of drug-likeness (QED) is 0.909. The standard InChI is InChI=1S/C15H23N3O2S/c1-9(2)11-8-16-15(21-11)17-14(20)13(10(3)4)18-7-5-6-12(18)19/h8-10,13H,5-7H2,1-4H3,(H,16,17,20)/t13-/m1/s1. The van der Waals surface area contributed by atoms with Gasteiger partial charge in [-0.2, -0.15) is 0 Å². The first-order valence-corrected chi connectivity index (χ1v) is 8.28. The highest BCUT2D eigenvalue weighted by atomic mass is 32.1. The van der Waals surface area contributed by atoms with Crippen LogP contribution in [0.1, 0.15) is 51.3 Å². The van der Waals surface area contributed by atoms with Gasteiger partial charge in [-0.15, -0.1) is 11.3 Å². The van der Waals surface area contributed by atoms with Crippen LogP contribution in [0.25, 0.3) is 0 Å². The van der Waals surface area contributed by atoms with Gasteiger partial charge in [-0.25, -0.2) is 4.98 Å². The molecule has 1 aromatic heterocycles. The molecular formula is C15H23N3O2S. The third-order valence-electron chi connectivity index (χ3n) is 3.67. The molecular weight excluding hydrogens is 286 g/mol. The van der Waals surface area contributed by atoms with Crippen molar-refractivity contribution in [3.05, 3.63) is 11.1 Å². The third kappa shape index (κ3) is 3.61. The molecule has 6 heteroatoms. The Morgan fingerprint density at radius 1 is 1.38 bits per heavy atom. The van der Waals surface area contributed by atoms with Crippen LogP contribution in [-0.2, 0) is 9.59 Å². The molecule has 0 spiro atoms. The van der Waals surface area contributed by atoms with Crippen molar-refractivity contribution in [1.29, 1.82) is 0 Å². The van der Waals surface area contributed by atoms with Crippen LogP contribution in [-0.4, -0.2) is 34.3 Å². The number of hydrogen-bond acceptors (Lipinski definition) is 4. The molecule has 2 amide bonds. The molecule has 0 saturated carbocycles. The fourth-order valence-electron chi connectivity index (χ4n) is 2.56. The first-order valence-electron chi connectivity index (χ1n) is 7.46. The lowest BCUT2D eigenvalue weighted by atomic mass is 10.0. The Labute approximate surface area is 129 Å². The van der Waals surface area contributed by atoms with Crippen LogP contribution in [0.5, 0.6) is 0 Å². The number of thiazole rings is 1. The Morgan fingerprint density at radius 2 is 2.10 bits per heavy atom. The predicted octanol–water partition coefficient (Wildman–Crippen LogP) is 2.85. The van der Waals surface area contributed by atoms with Gasteiger partial charge >= 0.3 is 0 Å². The molecule has 1 aromatic rings. The van der Waals surface area contributed by atoms with E-state index in [1.165, 1.54) is 11.3 Å². The largest absolute Gasteiger partial charge is 0.330 e. The zero-order chi connectivity index (χ0) is 15.6. The summed E-state index contributed by atoms with van der Waals surface area (Å²) >= 11 is 1.50. The Hall–Kier alpha value is -1.43. The number of amides is 2. The molecule has 1 saturated heterocycles. The molecule has 1 aliphatic heterocycles. The summed E-state index contributed by atoms with van der Waals surface area (Å²) in [6.07, 6.45) is 3.19. The van der Waals surface area contributed by atoms with E-state index in [4.69, 9.17) is 0 Å². The summed E-state index contributed by atoms with van der Waals surface area (Å²) < 4.78 is 0. The highest BCUT2D eigenvalue weighted by molar-refractivity contribution is 7.15. The minimum Gasteiger partial charge on any atom is -0.330 e. The van der Waals surface area contributed by atoms with E-state index >= 15 is 0 Å². The molecule has 2 rings (SSSR count). The zero-order valence-electron chi connectivity index (χ0n) is 13.0. The van der Waals surface area contributed by atoms with E-state index in [-0.39, 0.29) is 17.7 Å². The van der Waals surface area contributed by atoms with Crippen LogP contribution in [0.3, 0.4) is 0 Å². The zero-order valence-corrected chi connectivity index (χ0v) is 13.9. The van der Waals surface area contributed by atoms with Gasteiger partial charge in [0, 0.05) is 24.0 Å². The second-order valence-electron chi connectivity index (χ2n) is 6.09. The highest BCUT2D eigenvalue weighted by Gasteiger charge is 2.35. The van der Waals surface area contributed by atoms with Gasteiger partial charge in [0.15, 0.2) is 5.13 Å². The second-order valence-corrected chi connectivity index (χ2v) is 7.15. The molecule has 0 aromatic carbocycles. The first kappa shape index (κ1) is 15.9. The van der Waals surface area contributed by atoms with Gasteiger partial charge in [0.25, 0.3) is 0 Å². The van der Waals surface area contributed by atoms with Crippen molar-refractivity contribution in [1.82, 2.24) is 9.88 Å². The van der Waals surface area contributed by atoms with Crippen LogP contribution in [0.4, 0.5) is 5.13 Å². The van der Waals surface area contributed by atoms with Gasteiger partial charge in [0.2, 0.25) is 11.8 Å². The van der Waals surface area contributed by atoms with Crippen molar-refractivity contribution >= 4 is 28.3 Å². The maximum atomic E-state index is 12.5. The van der Waals surface area contributed by atoms with E-state index < -0.39 is 6.04 Å². The molecule has 0 radical (unpaired) electrons. The van der Waals surface area contributed by atoms with E-state index in [1.807, 2.05) is 13.8 Å². The summed E-state index contributed by atoms with van der Waals surface area (Å²) in [6, 6.07) is -0.411. The molecule has 5 nitrogen and oxygen atoms in total. The fraction of sp³-hybridized carbons (Fsp3) is 0.667. The number of nitrogens with zero attached hydrogens (tertiary/aromatic N) is 2. The minimum absolute atomic E-state index is 0.0749. The van der Waals surface area contributed by atoms with Crippen LogP contribution in [0, 0.1) is 5.92 Å². The van der Waals surface area contributed by atoms with Gasteiger partial charge in [-0.3, -0.25) is 9.59 Å². The fourth-order valence-corrected chi connectivity index (χ4v) is 3.38. The molecule has 1 fully saturated rings. The van der Waals surface area contributed by atoms with Crippen LogP contribution in [0.15, 0.2) is 6.20 Å². The normalized spacial score (nSPS) is 16.9. The highest BCUT2D eigenvalue weighted by Crippen LogP contribution is 2.26. The Balaban J connectivity index is 2.09. The molecule has 1 N–H and O–H groups in total. The molecule has 1 atom stereocenters. The van der Waals surface area contributed by atoms with E-state index in [0.29, 0.717) is 24.0 Å². The number of hydrogen-bond donors (Lipinski definition) is 1. The number of nitrogens with one attached hydrogen (secondary N) is 1. The van der Waals surface area contributed by atoms with Crippen LogP contribution in [0.2, 0.25) is 0 Å². The lowest BCUT2D eigenvalue weighted by Crippen LogP contribution is -2.47. The van der Waals surface area contributed by atoms with Crippen LogP contribution < -0.4 is 5.32 Å². The SMILES string of the molecule is CC(C)c1cnc(NC(=O)[C@@H](C(C)C)N2CCCC2=O)s1. The lowest BCUT2D eigenvalue weighted by molar-refractivity contribution is -0.136. The smallest absolute Gasteiger partial charge is 0.249 e. The molecule has 0 bridgehead atoms. The average Bonchev–Trinajstić information content (AvgIpc) is 2.99. The van der Waals surface area contributed by atoms with Gasteiger partial charge in [0.1, 0.15) is 6.04 Å². The van der Waals surface area contributed by atoms with E-state index in [0.717, 1.165) is 11.3 Å². The third-order valence-corrected chi connectivity index (χ3v) is 4.88. The molecule has 1 aliphatic rings. The van der Waals surface area contributed by atoms with Crippen molar-refractivity contribution in [3.8, 4) is 0 Å². The Morgan fingerprint density at radius 3 is 2.57 bits per heavy atom. The number of carbonyl (C=O) groups is 2. The van der Waals surface area contributed by atoms with Gasteiger partial charge in [-0.1, -0.05) is 27.7 Å². The Kier molecular flexibility index (Phi) is 4.98. The van der Waals surface area contributed by atoms with Crippen molar-refractivity contribution in [3.63, 3.8) is 0 Å².